The van der Waals surface area contributed by atoms with E-state index in [9.17, 15) is 14.7 Å². The third-order valence-corrected chi connectivity index (χ3v) is 8.25. The zero-order chi connectivity index (χ0) is 28.1. The number of rotatable bonds is 8. The van der Waals surface area contributed by atoms with Gasteiger partial charge >= 0.3 is 5.97 Å². The second-order valence-corrected chi connectivity index (χ2v) is 11.2. The van der Waals surface area contributed by atoms with Crippen LogP contribution in [0.5, 0.6) is 0 Å². The molecule has 3 aromatic rings. The summed E-state index contributed by atoms with van der Waals surface area (Å²) < 4.78 is 0. The van der Waals surface area contributed by atoms with Gasteiger partial charge in [-0.3, -0.25) is 9.69 Å². The number of anilines is 3. The smallest absolute Gasteiger partial charge is 0.328 e. The molecular weight excluding hydrogens is 502 g/mol. The largest absolute Gasteiger partial charge is 0.478 e. The second kappa shape index (κ2) is 12.5. The van der Waals surface area contributed by atoms with Crippen LogP contribution in [-0.4, -0.2) is 60.7 Å². The van der Waals surface area contributed by atoms with Gasteiger partial charge in [0.25, 0.3) is 0 Å². The molecule has 8 nitrogen and oxygen atoms in total. The molecular formula is C32H39N5O3. The third kappa shape index (κ3) is 6.43. The van der Waals surface area contributed by atoms with Crippen LogP contribution in [0.1, 0.15) is 50.5 Å². The van der Waals surface area contributed by atoms with Gasteiger partial charge in [-0.15, -0.1) is 0 Å². The van der Waals surface area contributed by atoms with Crippen molar-refractivity contribution in [2.24, 2.45) is 11.8 Å². The Balaban J connectivity index is 1.39. The van der Waals surface area contributed by atoms with Crippen molar-refractivity contribution in [3.63, 3.8) is 0 Å². The lowest BCUT2D eigenvalue weighted by Gasteiger charge is -2.37. The number of benzene rings is 1. The Labute approximate surface area is 236 Å². The van der Waals surface area contributed by atoms with E-state index in [1.165, 1.54) is 6.42 Å². The molecule has 1 amide bonds. The summed E-state index contributed by atoms with van der Waals surface area (Å²) in [6.45, 7) is 2.45. The van der Waals surface area contributed by atoms with Gasteiger partial charge < -0.3 is 14.9 Å². The van der Waals surface area contributed by atoms with Crippen LogP contribution in [0.15, 0.2) is 54.7 Å². The summed E-state index contributed by atoms with van der Waals surface area (Å²) in [5, 5.41) is 10.1. The number of carbonyl (C=O) groups is 2. The molecule has 0 radical (unpaired) electrons. The van der Waals surface area contributed by atoms with E-state index in [0.29, 0.717) is 18.3 Å². The summed E-state index contributed by atoms with van der Waals surface area (Å²) in [4.78, 5) is 41.1. The van der Waals surface area contributed by atoms with Crippen LogP contribution < -0.4 is 14.7 Å². The first-order chi connectivity index (χ1) is 19.4. The third-order valence-electron chi connectivity index (χ3n) is 8.25. The van der Waals surface area contributed by atoms with Crippen LogP contribution in [-0.2, 0) is 9.59 Å². The Morgan fingerprint density at radius 3 is 2.42 bits per heavy atom. The first-order valence-corrected chi connectivity index (χ1v) is 14.4. The van der Waals surface area contributed by atoms with Crippen LogP contribution in [0.2, 0.25) is 0 Å². The van der Waals surface area contributed by atoms with Gasteiger partial charge in [-0.25, -0.2) is 14.8 Å². The normalized spacial score (nSPS) is 16.9. The van der Waals surface area contributed by atoms with E-state index in [0.717, 1.165) is 85.7 Å². The predicted molar refractivity (Wildman–Crippen MR) is 161 cm³/mol. The number of amides is 1. The van der Waals surface area contributed by atoms with Crippen LogP contribution >= 0.6 is 0 Å². The first kappa shape index (κ1) is 27.6. The number of aliphatic carboxylic acids is 1. The Bertz CT molecular complexity index is 1360. The summed E-state index contributed by atoms with van der Waals surface area (Å²) in [7, 11) is 3.98. The summed E-state index contributed by atoms with van der Waals surface area (Å²) >= 11 is 0. The number of aromatic nitrogens is 2. The number of carbonyl (C=O) groups excluding carboxylic acids is 1. The van der Waals surface area contributed by atoms with Crippen LogP contribution in [0.4, 0.5) is 17.3 Å². The van der Waals surface area contributed by atoms with E-state index in [1.807, 2.05) is 66.5 Å². The summed E-state index contributed by atoms with van der Waals surface area (Å²) in [5.74, 6) is 1.07. The average Bonchev–Trinajstić information content (AvgIpc) is 2.99. The topological polar surface area (TPSA) is 89.9 Å². The summed E-state index contributed by atoms with van der Waals surface area (Å²) in [6.07, 6.45) is 11.8. The first-order valence-electron chi connectivity index (χ1n) is 14.4. The molecule has 5 rings (SSSR count). The van der Waals surface area contributed by atoms with E-state index < -0.39 is 5.97 Å². The van der Waals surface area contributed by atoms with Crippen molar-refractivity contribution in [2.45, 2.75) is 44.9 Å². The molecule has 2 fully saturated rings. The Hall–Kier alpha value is -3.94. The highest BCUT2D eigenvalue weighted by Crippen LogP contribution is 2.32. The van der Waals surface area contributed by atoms with Gasteiger partial charge in [0.1, 0.15) is 11.6 Å². The minimum absolute atomic E-state index is 0.0152. The van der Waals surface area contributed by atoms with Gasteiger partial charge in [0.2, 0.25) is 5.91 Å². The lowest BCUT2D eigenvalue weighted by atomic mass is 9.87. The Morgan fingerprint density at radius 2 is 1.75 bits per heavy atom. The van der Waals surface area contributed by atoms with E-state index >= 15 is 0 Å². The molecule has 40 heavy (non-hydrogen) atoms. The van der Waals surface area contributed by atoms with Crippen molar-refractivity contribution < 1.29 is 14.7 Å². The number of para-hydroxylation sites is 1. The molecule has 0 unspecified atom stereocenters. The lowest BCUT2D eigenvalue weighted by molar-refractivity contribution is -0.131. The van der Waals surface area contributed by atoms with Crippen LogP contribution in [0, 0.1) is 11.8 Å². The van der Waals surface area contributed by atoms with Gasteiger partial charge in [0.05, 0.1) is 17.4 Å². The number of hydrogen-bond acceptors (Lipinski definition) is 6. The van der Waals surface area contributed by atoms with Gasteiger partial charge in [-0.2, -0.15) is 0 Å². The molecule has 1 aromatic carbocycles. The monoisotopic (exact) mass is 541 g/mol. The van der Waals surface area contributed by atoms with Crippen molar-refractivity contribution in [2.75, 3.05) is 48.4 Å². The maximum Gasteiger partial charge on any atom is 0.328 e. The number of pyridine rings is 2. The molecule has 1 N–H and O–H groups in total. The SMILES string of the molecule is CN(C)c1ccc(N2CCC(CN(C(=O)C3CCCCC3)c3cc(C=CC(=O)O)c4ccccc4n3)CC2)cn1. The molecule has 1 aliphatic carbocycles. The number of carboxylic acid groups (broad SMARTS) is 1. The molecule has 8 heteroatoms. The highest BCUT2D eigenvalue weighted by Gasteiger charge is 2.31. The highest BCUT2D eigenvalue weighted by atomic mass is 16.4. The van der Waals surface area contributed by atoms with Crippen LogP contribution in [0.3, 0.4) is 0 Å². The molecule has 1 saturated carbocycles. The molecule has 3 heterocycles. The Morgan fingerprint density at radius 1 is 1.00 bits per heavy atom. The fourth-order valence-electron chi connectivity index (χ4n) is 5.95. The molecule has 0 bridgehead atoms. The Kier molecular flexibility index (Phi) is 8.63. The maximum absolute atomic E-state index is 14.0. The van der Waals surface area contributed by atoms with Crippen molar-refractivity contribution in [3.8, 4) is 0 Å². The number of hydrogen-bond donors (Lipinski definition) is 1. The van der Waals surface area contributed by atoms with E-state index in [2.05, 4.69) is 16.0 Å². The molecule has 0 spiro atoms. The lowest BCUT2D eigenvalue weighted by Crippen LogP contribution is -2.44. The molecule has 2 aromatic heterocycles. The van der Waals surface area contributed by atoms with Crippen molar-refractivity contribution >= 4 is 46.2 Å². The molecule has 1 aliphatic heterocycles. The number of carboxylic acids is 1. The number of fused-ring (bicyclic) bond motifs is 1. The van der Waals surface area contributed by atoms with Crippen molar-refractivity contribution in [3.05, 3.63) is 60.3 Å². The second-order valence-electron chi connectivity index (χ2n) is 11.2. The van der Waals surface area contributed by atoms with Crippen LogP contribution in [0.25, 0.3) is 17.0 Å². The fourth-order valence-corrected chi connectivity index (χ4v) is 5.95. The van der Waals surface area contributed by atoms with Crippen molar-refractivity contribution in [1.82, 2.24) is 9.97 Å². The molecule has 0 atom stereocenters. The van der Waals surface area contributed by atoms with E-state index in [-0.39, 0.29) is 11.8 Å². The highest BCUT2D eigenvalue weighted by molar-refractivity contribution is 5.98. The number of nitrogens with zero attached hydrogens (tertiary/aromatic N) is 5. The average molecular weight is 542 g/mol. The van der Waals surface area contributed by atoms with Gasteiger partial charge in [-0.05, 0) is 67.5 Å². The minimum atomic E-state index is -1.00. The molecule has 210 valence electrons. The van der Waals surface area contributed by atoms with Gasteiger partial charge in [0, 0.05) is 51.1 Å². The minimum Gasteiger partial charge on any atom is -0.478 e. The van der Waals surface area contributed by atoms with E-state index in [4.69, 9.17) is 4.98 Å². The summed E-state index contributed by atoms with van der Waals surface area (Å²) in [5.41, 5.74) is 2.65. The molecule has 1 saturated heterocycles. The predicted octanol–water partition coefficient (Wildman–Crippen LogP) is 5.62. The van der Waals surface area contributed by atoms with Gasteiger partial charge in [0.15, 0.2) is 0 Å². The summed E-state index contributed by atoms with van der Waals surface area (Å²) in [6, 6.07) is 13.8. The number of piperidine rings is 1. The molecule has 2 aliphatic rings. The fraction of sp³-hybridized carbons (Fsp3) is 0.438. The standard InChI is InChI=1S/C32H39N5O3/c1-35(2)29-14-13-26(21-33-29)36-18-16-23(17-19-36)22-37(32(40)24-8-4-3-5-9-24)30-20-25(12-15-31(38)39)27-10-6-7-11-28(27)34-30/h6-7,10-15,20-21,23-24H,3-5,8-9,16-19,22H2,1-2H3,(H,38,39). The van der Waals surface area contributed by atoms with Crippen molar-refractivity contribution in [1.29, 1.82) is 0 Å². The van der Waals surface area contributed by atoms with E-state index in [1.54, 1.807) is 6.08 Å². The quantitative estimate of drug-likeness (QED) is 0.370. The van der Waals surface area contributed by atoms with Gasteiger partial charge in [-0.1, -0.05) is 37.5 Å². The zero-order valence-electron chi connectivity index (χ0n) is 23.5. The maximum atomic E-state index is 14.0. The zero-order valence-corrected chi connectivity index (χ0v) is 23.5.